The molecule has 1 aromatic carbocycles. The summed E-state index contributed by atoms with van der Waals surface area (Å²) in [6.07, 6.45) is -0.125. The number of hydrogen-bond donors (Lipinski definition) is 3. The van der Waals surface area contributed by atoms with Crippen LogP contribution in [0.3, 0.4) is 0 Å². The van der Waals surface area contributed by atoms with E-state index in [-0.39, 0.29) is 23.3 Å². The van der Waals surface area contributed by atoms with Gasteiger partial charge in [0.15, 0.2) is 5.11 Å². The van der Waals surface area contributed by atoms with Crippen LogP contribution in [0.5, 0.6) is 0 Å². The smallest absolute Gasteiger partial charge is 0.368 e. The molecule has 8 nitrogen and oxygen atoms in total. The molecule has 21 heavy (non-hydrogen) atoms. The molecule has 4 amide bonds. The average Bonchev–Trinajstić information content (AvgIpc) is 2.68. The first-order chi connectivity index (χ1) is 9.85. The van der Waals surface area contributed by atoms with E-state index in [9.17, 15) is 14.4 Å². The molecule has 2 aliphatic rings. The maximum atomic E-state index is 10.7. The van der Waals surface area contributed by atoms with E-state index in [0.717, 1.165) is 0 Å². The first-order valence-corrected chi connectivity index (χ1v) is 6.34. The lowest BCUT2D eigenvalue weighted by Crippen LogP contribution is -2.49. The number of nitrogens with one attached hydrogen (secondary N) is 2. The van der Waals surface area contributed by atoms with Crippen LogP contribution in [0, 0.1) is 0 Å². The van der Waals surface area contributed by atoms with Crippen LogP contribution in [0.1, 0.15) is 6.42 Å². The van der Waals surface area contributed by atoms with Crippen LogP contribution in [-0.4, -0.2) is 23.0 Å². The Kier molecular flexibility index (Phi) is 4.24. The fourth-order valence-corrected chi connectivity index (χ4v) is 1.88. The molecule has 0 radical (unpaired) electrons. The third-order valence-electron chi connectivity index (χ3n) is 2.35. The summed E-state index contributed by atoms with van der Waals surface area (Å²) >= 11 is 10.2. The van der Waals surface area contributed by atoms with E-state index < -0.39 is 6.03 Å². The van der Waals surface area contributed by atoms with Gasteiger partial charge < -0.3 is 16.4 Å². The van der Waals surface area contributed by atoms with Crippen LogP contribution in [0.2, 0.25) is 5.02 Å². The summed E-state index contributed by atoms with van der Waals surface area (Å²) < 4.78 is 0. The Morgan fingerprint density at radius 1 is 1.10 bits per heavy atom. The lowest BCUT2D eigenvalue weighted by molar-refractivity contribution is -0.129. The van der Waals surface area contributed by atoms with E-state index in [1.807, 2.05) is 0 Å². The SMILES string of the molecule is Nc1cc2c(cc1Cl)=NC(=O)N=2.O=C1CC(=O)NC(=S)N1. The Morgan fingerprint density at radius 3 is 2.14 bits per heavy atom. The van der Waals surface area contributed by atoms with Crippen molar-refractivity contribution in [1.29, 1.82) is 0 Å². The van der Waals surface area contributed by atoms with Gasteiger partial charge >= 0.3 is 6.03 Å². The maximum absolute atomic E-state index is 10.7. The largest absolute Gasteiger partial charge is 0.397 e. The predicted octanol–water partition coefficient (Wildman–Crippen LogP) is -0.798. The van der Waals surface area contributed by atoms with Gasteiger partial charge in [0, 0.05) is 0 Å². The van der Waals surface area contributed by atoms with Gasteiger partial charge in [-0.05, 0) is 24.4 Å². The van der Waals surface area contributed by atoms with E-state index in [1.165, 1.54) is 12.1 Å². The van der Waals surface area contributed by atoms with E-state index in [2.05, 4.69) is 32.8 Å². The van der Waals surface area contributed by atoms with Gasteiger partial charge in [-0.2, -0.15) is 9.98 Å². The monoisotopic (exact) mass is 325 g/mol. The molecule has 0 unspecified atom stereocenters. The number of carbonyl (C=O) groups is 3. The molecule has 2 heterocycles. The van der Waals surface area contributed by atoms with E-state index in [4.69, 9.17) is 17.3 Å². The molecular formula is C11H8ClN5O3S. The number of nitrogen functional groups attached to an aromatic ring is 1. The standard InChI is InChI=1S/C7H4ClN3O.C4H4N2O2S/c8-3-1-5-6(2-4(3)9)11-7(12)10-5;7-2-1-3(8)6-4(9)5-2/h1-2H,9H2;1H2,(H2,5,6,7,8,9). The van der Waals surface area contributed by atoms with Gasteiger partial charge in [-0.1, -0.05) is 11.6 Å². The number of fused-ring (bicyclic) bond motifs is 1. The highest BCUT2D eigenvalue weighted by Gasteiger charge is 2.17. The quantitative estimate of drug-likeness (QED) is 0.327. The predicted molar refractivity (Wildman–Crippen MR) is 77.1 cm³/mol. The minimum atomic E-state index is -0.508. The number of nitrogens with zero attached hydrogens (tertiary/aromatic N) is 2. The number of anilines is 1. The van der Waals surface area contributed by atoms with Gasteiger partial charge in [-0.25, -0.2) is 4.79 Å². The number of urea groups is 1. The third kappa shape index (κ3) is 3.80. The second kappa shape index (κ2) is 5.94. The van der Waals surface area contributed by atoms with Crippen LogP contribution < -0.4 is 27.1 Å². The van der Waals surface area contributed by atoms with Gasteiger partial charge in [-0.15, -0.1) is 0 Å². The molecule has 1 aromatic rings. The normalized spacial score (nSPS) is 15.9. The highest BCUT2D eigenvalue weighted by Crippen LogP contribution is 2.12. The minimum absolute atomic E-state index is 0.0938. The van der Waals surface area contributed by atoms with E-state index >= 15 is 0 Å². The molecule has 4 N–H and O–H groups in total. The summed E-state index contributed by atoms with van der Waals surface area (Å²) in [5.41, 5.74) is 5.90. The van der Waals surface area contributed by atoms with Crippen molar-refractivity contribution in [1.82, 2.24) is 10.6 Å². The number of amides is 4. The average molecular weight is 326 g/mol. The Labute approximate surface area is 128 Å². The van der Waals surface area contributed by atoms with Crippen LogP contribution in [0.15, 0.2) is 22.1 Å². The van der Waals surface area contributed by atoms with Gasteiger partial charge in [-0.3, -0.25) is 9.59 Å². The number of halogens is 1. The fourth-order valence-electron chi connectivity index (χ4n) is 1.50. The molecule has 0 atom stereocenters. The zero-order chi connectivity index (χ0) is 15.6. The van der Waals surface area contributed by atoms with Crippen LogP contribution in [0.4, 0.5) is 10.5 Å². The first kappa shape index (κ1) is 15.0. The Hall–Kier alpha value is -2.39. The summed E-state index contributed by atoms with van der Waals surface area (Å²) in [5, 5.41) is 6.00. The third-order valence-corrected chi connectivity index (χ3v) is 2.88. The fraction of sp³-hybridized carbons (Fsp3) is 0.0909. The van der Waals surface area contributed by atoms with Crippen molar-refractivity contribution in [2.24, 2.45) is 9.98 Å². The molecule has 0 saturated carbocycles. The first-order valence-electron chi connectivity index (χ1n) is 5.55. The van der Waals surface area contributed by atoms with Crippen molar-refractivity contribution in [2.45, 2.75) is 6.42 Å². The molecule has 0 bridgehead atoms. The van der Waals surface area contributed by atoms with E-state index in [1.54, 1.807) is 0 Å². The lowest BCUT2D eigenvalue weighted by atomic mass is 10.3. The van der Waals surface area contributed by atoms with Crippen LogP contribution in [-0.2, 0) is 9.59 Å². The maximum Gasteiger partial charge on any atom is 0.368 e. The number of thiocarbonyl (C=S) groups is 1. The van der Waals surface area contributed by atoms with Gasteiger partial charge in [0.1, 0.15) is 6.42 Å². The number of hydrogen-bond acceptors (Lipinski definition) is 5. The molecule has 10 heteroatoms. The molecule has 0 spiro atoms. The molecule has 0 aliphatic carbocycles. The second-order valence-electron chi connectivity index (χ2n) is 3.97. The highest BCUT2D eigenvalue weighted by atomic mass is 35.5. The van der Waals surface area contributed by atoms with Crippen LogP contribution >= 0.6 is 23.8 Å². The molecule has 1 saturated heterocycles. The summed E-state index contributed by atoms with van der Waals surface area (Å²) in [4.78, 5) is 38.8. The Morgan fingerprint density at radius 2 is 1.62 bits per heavy atom. The second-order valence-corrected chi connectivity index (χ2v) is 4.79. The van der Waals surface area contributed by atoms with Crippen LogP contribution in [0.25, 0.3) is 0 Å². The van der Waals surface area contributed by atoms with Crippen molar-refractivity contribution in [3.05, 3.63) is 27.9 Å². The zero-order valence-electron chi connectivity index (χ0n) is 10.3. The number of nitrogens with two attached hydrogens (primary N) is 1. The Balaban J connectivity index is 0.000000161. The number of carbonyl (C=O) groups excluding carboxylic acids is 3. The number of rotatable bonds is 0. The molecule has 1 fully saturated rings. The zero-order valence-corrected chi connectivity index (χ0v) is 11.9. The van der Waals surface area contributed by atoms with Gasteiger partial charge in [0.05, 0.1) is 21.4 Å². The molecule has 2 aliphatic heterocycles. The van der Waals surface area contributed by atoms with Crippen molar-refractivity contribution in [2.75, 3.05) is 5.73 Å². The van der Waals surface area contributed by atoms with Gasteiger partial charge in [0.25, 0.3) is 0 Å². The van der Waals surface area contributed by atoms with Gasteiger partial charge in [0.2, 0.25) is 11.8 Å². The molecule has 108 valence electrons. The topological polar surface area (TPSA) is 126 Å². The molecular weight excluding hydrogens is 318 g/mol. The Bertz CT molecular complexity index is 703. The highest BCUT2D eigenvalue weighted by molar-refractivity contribution is 7.80. The molecule has 0 aromatic heterocycles. The minimum Gasteiger partial charge on any atom is -0.397 e. The van der Waals surface area contributed by atoms with Crippen molar-refractivity contribution in [3.63, 3.8) is 0 Å². The van der Waals surface area contributed by atoms with Crippen molar-refractivity contribution >= 4 is 52.5 Å². The summed E-state index contributed by atoms with van der Waals surface area (Å²) in [6.45, 7) is 0. The number of benzene rings is 1. The summed E-state index contributed by atoms with van der Waals surface area (Å²) in [6, 6.07) is 2.55. The summed E-state index contributed by atoms with van der Waals surface area (Å²) in [5.74, 6) is -0.687. The summed E-state index contributed by atoms with van der Waals surface area (Å²) in [7, 11) is 0. The lowest BCUT2D eigenvalue weighted by Gasteiger charge is -2.12. The van der Waals surface area contributed by atoms with E-state index in [0.29, 0.717) is 21.4 Å². The van der Waals surface area contributed by atoms with Crippen molar-refractivity contribution < 1.29 is 14.4 Å². The molecule has 3 rings (SSSR count). The van der Waals surface area contributed by atoms with Crippen molar-refractivity contribution in [3.8, 4) is 0 Å².